The summed E-state index contributed by atoms with van der Waals surface area (Å²) in [5.74, 6) is 0. The number of benzene rings is 1. The number of rotatable bonds is 3. The first-order chi connectivity index (χ1) is 7.38. The van der Waals surface area contributed by atoms with Crippen LogP contribution in [0.5, 0.6) is 0 Å². The van der Waals surface area contributed by atoms with Crippen LogP contribution in [0.25, 0.3) is 0 Å². The number of alkyl halides is 1. The Balaban J connectivity index is 1.89. The van der Waals surface area contributed by atoms with E-state index in [-0.39, 0.29) is 0 Å². The fourth-order valence-electron chi connectivity index (χ4n) is 2.12. The van der Waals surface area contributed by atoms with E-state index in [1.807, 2.05) is 0 Å². The second kappa shape index (κ2) is 5.66. The van der Waals surface area contributed by atoms with E-state index in [1.165, 1.54) is 24.8 Å². The average molecular weight is 269 g/mol. The predicted molar refractivity (Wildman–Crippen MR) is 66.5 cm³/mol. The molecule has 15 heavy (non-hydrogen) atoms. The van der Waals surface area contributed by atoms with Gasteiger partial charge in [0.15, 0.2) is 0 Å². The van der Waals surface area contributed by atoms with Crippen molar-refractivity contribution in [2.45, 2.75) is 37.9 Å². The van der Waals surface area contributed by atoms with Crippen molar-refractivity contribution in [2.75, 3.05) is 5.33 Å². The van der Waals surface area contributed by atoms with E-state index in [4.69, 9.17) is 4.74 Å². The van der Waals surface area contributed by atoms with Gasteiger partial charge in [-0.1, -0.05) is 46.3 Å². The molecule has 2 unspecified atom stereocenters. The molecule has 1 heterocycles. The molecule has 2 atom stereocenters. The predicted octanol–water partition coefficient (Wildman–Crippen LogP) is 3.56. The molecule has 0 bridgehead atoms. The molecule has 1 aromatic rings. The molecule has 2 rings (SSSR count). The van der Waals surface area contributed by atoms with Gasteiger partial charge in [0.1, 0.15) is 0 Å². The van der Waals surface area contributed by atoms with E-state index >= 15 is 0 Å². The Bertz CT molecular complexity index is 286. The lowest BCUT2D eigenvalue weighted by Gasteiger charge is -2.29. The minimum atomic E-state index is 0.420. The second-order valence-corrected chi connectivity index (χ2v) is 4.80. The number of hydrogen-bond donors (Lipinski definition) is 0. The molecule has 0 aliphatic carbocycles. The number of ether oxygens (including phenoxy) is 1. The first-order valence-electron chi connectivity index (χ1n) is 5.64. The molecule has 0 saturated carbocycles. The summed E-state index contributed by atoms with van der Waals surface area (Å²) in [6, 6.07) is 10.6. The van der Waals surface area contributed by atoms with Crippen LogP contribution in [0.2, 0.25) is 0 Å². The quantitative estimate of drug-likeness (QED) is 0.762. The van der Waals surface area contributed by atoms with Gasteiger partial charge < -0.3 is 4.74 Å². The van der Waals surface area contributed by atoms with Gasteiger partial charge in [-0.3, -0.25) is 0 Å². The van der Waals surface area contributed by atoms with Crippen LogP contribution >= 0.6 is 15.9 Å². The van der Waals surface area contributed by atoms with Crippen LogP contribution in [-0.2, 0) is 11.2 Å². The number of hydrogen-bond acceptors (Lipinski definition) is 1. The molecule has 0 radical (unpaired) electrons. The maximum atomic E-state index is 5.99. The molecule has 0 spiro atoms. The number of halogens is 1. The van der Waals surface area contributed by atoms with E-state index in [9.17, 15) is 0 Å². The summed E-state index contributed by atoms with van der Waals surface area (Å²) in [5, 5.41) is 0.971. The standard InChI is InChI=1S/C13H17BrO/c14-10-13-8-4-7-12(15-13)9-11-5-2-1-3-6-11/h1-3,5-6,12-13H,4,7-10H2. The zero-order chi connectivity index (χ0) is 10.5. The minimum Gasteiger partial charge on any atom is -0.374 e. The molecule has 1 fully saturated rings. The first-order valence-corrected chi connectivity index (χ1v) is 6.76. The summed E-state index contributed by atoms with van der Waals surface area (Å²) < 4.78 is 5.99. The fourth-order valence-corrected chi connectivity index (χ4v) is 2.60. The molecule has 0 amide bonds. The lowest BCUT2D eigenvalue weighted by Crippen LogP contribution is -2.30. The van der Waals surface area contributed by atoms with Gasteiger partial charge in [0, 0.05) is 5.33 Å². The molecule has 1 aromatic carbocycles. The summed E-state index contributed by atoms with van der Waals surface area (Å²) in [7, 11) is 0. The Kier molecular flexibility index (Phi) is 4.21. The highest BCUT2D eigenvalue weighted by molar-refractivity contribution is 9.09. The molecule has 0 aromatic heterocycles. The fraction of sp³-hybridized carbons (Fsp3) is 0.538. The van der Waals surface area contributed by atoms with Gasteiger partial charge in [-0.25, -0.2) is 0 Å². The third kappa shape index (κ3) is 3.32. The highest BCUT2D eigenvalue weighted by Gasteiger charge is 2.21. The van der Waals surface area contributed by atoms with Crippen LogP contribution in [0.4, 0.5) is 0 Å². The molecule has 1 nitrogen and oxygen atoms in total. The highest BCUT2D eigenvalue weighted by Crippen LogP contribution is 2.22. The van der Waals surface area contributed by atoms with Crippen molar-refractivity contribution in [3.05, 3.63) is 35.9 Å². The summed E-state index contributed by atoms with van der Waals surface area (Å²) in [4.78, 5) is 0. The van der Waals surface area contributed by atoms with Crippen molar-refractivity contribution < 1.29 is 4.74 Å². The maximum Gasteiger partial charge on any atom is 0.0675 e. The third-order valence-electron chi connectivity index (χ3n) is 2.92. The van der Waals surface area contributed by atoms with Crippen molar-refractivity contribution >= 4 is 15.9 Å². The normalized spacial score (nSPS) is 26.5. The Morgan fingerprint density at radius 3 is 2.60 bits per heavy atom. The Morgan fingerprint density at radius 2 is 1.87 bits per heavy atom. The van der Waals surface area contributed by atoms with Crippen LogP contribution in [0.3, 0.4) is 0 Å². The summed E-state index contributed by atoms with van der Waals surface area (Å²) >= 11 is 3.50. The topological polar surface area (TPSA) is 9.23 Å². The highest BCUT2D eigenvalue weighted by atomic mass is 79.9. The molecule has 1 aliphatic rings. The third-order valence-corrected chi connectivity index (χ3v) is 3.64. The SMILES string of the molecule is BrCC1CCCC(Cc2ccccc2)O1. The molecular weight excluding hydrogens is 252 g/mol. The maximum absolute atomic E-state index is 5.99. The molecule has 0 N–H and O–H groups in total. The Labute approximate surface area is 100.0 Å². The largest absolute Gasteiger partial charge is 0.374 e. The molecular formula is C13H17BrO. The first kappa shape index (κ1) is 11.2. The molecule has 1 aliphatic heterocycles. The van der Waals surface area contributed by atoms with E-state index in [1.54, 1.807) is 0 Å². The van der Waals surface area contributed by atoms with Crippen molar-refractivity contribution in [2.24, 2.45) is 0 Å². The van der Waals surface area contributed by atoms with Gasteiger partial charge in [0.05, 0.1) is 12.2 Å². The molecule has 1 saturated heterocycles. The van der Waals surface area contributed by atoms with Crippen molar-refractivity contribution in [1.82, 2.24) is 0 Å². The molecule has 82 valence electrons. The van der Waals surface area contributed by atoms with Crippen molar-refractivity contribution in [3.63, 3.8) is 0 Å². The van der Waals surface area contributed by atoms with Gasteiger partial charge in [-0.15, -0.1) is 0 Å². The second-order valence-electron chi connectivity index (χ2n) is 4.16. The van der Waals surface area contributed by atoms with Gasteiger partial charge in [0.2, 0.25) is 0 Å². The van der Waals surface area contributed by atoms with Crippen LogP contribution in [0.15, 0.2) is 30.3 Å². The van der Waals surface area contributed by atoms with Crippen LogP contribution in [0, 0.1) is 0 Å². The van der Waals surface area contributed by atoms with Gasteiger partial charge in [-0.05, 0) is 31.2 Å². The Hall–Kier alpha value is -0.340. The van der Waals surface area contributed by atoms with E-state index in [2.05, 4.69) is 46.3 Å². The Morgan fingerprint density at radius 1 is 1.13 bits per heavy atom. The lowest BCUT2D eigenvalue weighted by molar-refractivity contribution is -0.0357. The summed E-state index contributed by atoms with van der Waals surface area (Å²) in [6.45, 7) is 0. The zero-order valence-electron chi connectivity index (χ0n) is 8.86. The minimum absolute atomic E-state index is 0.420. The van der Waals surface area contributed by atoms with Crippen LogP contribution in [0.1, 0.15) is 24.8 Å². The monoisotopic (exact) mass is 268 g/mol. The van der Waals surface area contributed by atoms with E-state index in [0.717, 1.165) is 11.8 Å². The summed E-state index contributed by atoms with van der Waals surface area (Å²) in [5.41, 5.74) is 1.39. The van der Waals surface area contributed by atoms with Crippen LogP contribution in [-0.4, -0.2) is 17.5 Å². The van der Waals surface area contributed by atoms with Crippen LogP contribution < -0.4 is 0 Å². The van der Waals surface area contributed by atoms with Gasteiger partial charge in [0.25, 0.3) is 0 Å². The average Bonchev–Trinajstić information content (AvgIpc) is 2.31. The van der Waals surface area contributed by atoms with E-state index < -0.39 is 0 Å². The molecule has 2 heteroatoms. The lowest BCUT2D eigenvalue weighted by atomic mass is 9.99. The van der Waals surface area contributed by atoms with Gasteiger partial charge in [-0.2, -0.15) is 0 Å². The summed E-state index contributed by atoms with van der Waals surface area (Å²) in [6.07, 6.45) is 5.61. The van der Waals surface area contributed by atoms with Gasteiger partial charge >= 0.3 is 0 Å². The zero-order valence-corrected chi connectivity index (χ0v) is 10.4. The smallest absolute Gasteiger partial charge is 0.0675 e. The van der Waals surface area contributed by atoms with Crippen molar-refractivity contribution in [1.29, 1.82) is 0 Å². The van der Waals surface area contributed by atoms with Crippen molar-refractivity contribution in [3.8, 4) is 0 Å². The van der Waals surface area contributed by atoms with E-state index in [0.29, 0.717) is 12.2 Å².